The lowest BCUT2D eigenvalue weighted by molar-refractivity contribution is -0.153. The number of amides is 5. The van der Waals surface area contributed by atoms with Gasteiger partial charge in [-0.1, -0.05) is 91.6 Å². The Morgan fingerprint density at radius 3 is 2.15 bits per heavy atom. The van der Waals surface area contributed by atoms with Crippen LogP contribution >= 0.6 is 0 Å². The van der Waals surface area contributed by atoms with Gasteiger partial charge in [-0.2, -0.15) is 0 Å². The molecule has 47 heavy (non-hydrogen) atoms. The Balaban J connectivity index is 1.51. The fraction of sp³-hybridized carbons (Fsp3) is 0.657. The van der Waals surface area contributed by atoms with Crippen LogP contribution in [0.3, 0.4) is 0 Å². The molecule has 0 radical (unpaired) electrons. The molecule has 2 aliphatic carbocycles. The fourth-order valence-corrected chi connectivity index (χ4v) is 6.99. The topological polar surface area (TPSA) is 177 Å². The van der Waals surface area contributed by atoms with E-state index in [2.05, 4.69) is 16.0 Å². The van der Waals surface area contributed by atoms with Gasteiger partial charge in [0.15, 0.2) is 0 Å². The smallest absolute Gasteiger partial charge is 0.332 e. The van der Waals surface area contributed by atoms with Crippen LogP contribution in [0, 0.1) is 28.6 Å². The SMILES string of the molecule is CCC(CC)(NC(=O)N[C@H](C(=O)N1C[C@H]2C([C@H]1C(=O)NC(CC1CC1)C(=O)C(N)=O)C2(C)C)C(C)(C)C)C(=O)OCc1ccccc1. The van der Waals surface area contributed by atoms with E-state index < -0.39 is 64.6 Å². The third-order valence-electron chi connectivity index (χ3n) is 10.5. The van der Waals surface area contributed by atoms with Crippen LogP contribution in [-0.2, 0) is 35.3 Å². The molecule has 0 bridgehead atoms. The lowest BCUT2D eigenvalue weighted by Gasteiger charge is -2.38. The summed E-state index contributed by atoms with van der Waals surface area (Å²) in [4.78, 5) is 80.9. The first-order valence-electron chi connectivity index (χ1n) is 16.7. The van der Waals surface area contributed by atoms with Crippen LogP contribution in [0.4, 0.5) is 4.79 Å². The minimum atomic E-state index is -1.32. The molecule has 1 saturated heterocycles. The molecule has 1 aromatic rings. The second kappa shape index (κ2) is 13.6. The van der Waals surface area contributed by atoms with E-state index in [9.17, 15) is 28.8 Å². The third kappa shape index (κ3) is 7.79. The molecule has 12 nitrogen and oxygen atoms in total. The number of fused-ring (bicyclic) bond motifs is 1. The average molecular weight is 654 g/mol. The van der Waals surface area contributed by atoms with Crippen molar-refractivity contribution in [3.8, 4) is 0 Å². The standard InChI is InChI=1S/C35H51N5O7/c1-8-35(9-2,31(45)47-19-21-13-11-10-12-14-21)39-32(46)38-27(33(3,4)5)30(44)40-18-22-24(34(22,6)7)25(40)29(43)37-23(17-20-15-16-20)26(41)28(36)42/h10-14,20,22-25,27H,8-9,15-19H2,1-7H3,(H2,36,42)(H,37,43)(H2,38,39,46)/t22-,23?,24?,25-,27+/m0/s1. The number of rotatable bonds is 14. The van der Waals surface area contributed by atoms with Crippen LogP contribution in [0.15, 0.2) is 30.3 Å². The van der Waals surface area contributed by atoms with Crippen molar-refractivity contribution in [2.24, 2.45) is 34.3 Å². The maximum atomic E-state index is 14.3. The molecular formula is C35H51N5O7. The van der Waals surface area contributed by atoms with Crippen LogP contribution in [0.2, 0.25) is 0 Å². The molecule has 0 spiro atoms. The van der Waals surface area contributed by atoms with Crippen LogP contribution in [0.5, 0.6) is 0 Å². The highest BCUT2D eigenvalue weighted by molar-refractivity contribution is 6.37. The molecule has 12 heteroatoms. The predicted molar refractivity (Wildman–Crippen MR) is 174 cm³/mol. The number of Topliss-reactive ketones (excluding diaryl/α,β-unsaturated/α-hetero) is 1. The molecule has 2 saturated carbocycles. The van der Waals surface area contributed by atoms with E-state index in [4.69, 9.17) is 10.5 Å². The van der Waals surface area contributed by atoms with Gasteiger partial charge in [-0.25, -0.2) is 9.59 Å². The monoisotopic (exact) mass is 653 g/mol. The first kappa shape index (κ1) is 35.9. The number of carbonyl (C=O) groups excluding carboxylic acids is 6. The Morgan fingerprint density at radius 1 is 1.00 bits per heavy atom. The van der Waals surface area contributed by atoms with E-state index in [-0.39, 0.29) is 42.6 Å². The van der Waals surface area contributed by atoms with E-state index in [1.165, 1.54) is 4.90 Å². The van der Waals surface area contributed by atoms with E-state index in [0.29, 0.717) is 13.0 Å². The normalized spacial score (nSPS) is 22.7. The maximum absolute atomic E-state index is 14.3. The first-order valence-corrected chi connectivity index (χ1v) is 16.7. The highest BCUT2D eigenvalue weighted by atomic mass is 16.5. The number of esters is 1. The highest BCUT2D eigenvalue weighted by Gasteiger charge is 2.70. The van der Waals surface area contributed by atoms with Crippen LogP contribution in [0.1, 0.15) is 86.1 Å². The summed E-state index contributed by atoms with van der Waals surface area (Å²) in [5.41, 5.74) is 3.81. The zero-order valence-electron chi connectivity index (χ0n) is 28.7. The van der Waals surface area contributed by atoms with Crippen LogP contribution in [0.25, 0.3) is 0 Å². The van der Waals surface area contributed by atoms with Gasteiger partial charge in [0, 0.05) is 6.54 Å². The van der Waals surface area contributed by atoms with Crippen LogP contribution < -0.4 is 21.7 Å². The van der Waals surface area contributed by atoms with Crippen molar-refractivity contribution < 1.29 is 33.5 Å². The Bertz CT molecular complexity index is 1380. The van der Waals surface area contributed by atoms with Gasteiger partial charge in [-0.3, -0.25) is 19.2 Å². The summed E-state index contributed by atoms with van der Waals surface area (Å²) in [7, 11) is 0. The third-order valence-corrected chi connectivity index (χ3v) is 10.5. The first-order chi connectivity index (χ1) is 22.0. The van der Waals surface area contributed by atoms with Gasteiger partial charge >= 0.3 is 12.0 Å². The summed E-state index contributed by atoms with van der Waals surface area (Å²) in [5, 5.41) is 8.36. The van der Waals surface area contributed by atoms with E-state index in [0.717, 1.165) is 18.4 Å². The zero-order valence-corrected chi connectivity index (χ0v) is 28.7. The lowest BCUT2D eigenvalue weighted by Crippen LogP contribution is -2.64. The molecule has 3 aliphatic rings. The lowest BCUT2D eigenvalue weighted by atomic mass is 9.85. The van der Waals surface area contributed by atoms with Gasteiger partial charge in [0.1, 0.15) is 24.2 Å². The van der Waals surface area contributed by atoms with E-state index in [1.54, 1.807) is 13.8 Å². The number of carbonyl (C=O) groups is 6. The number of hydrogen-bond acceptors (Lipinski definition) is 7. The highest BCUT2D eigenvalue weighted by Crippen LogP contribution is 2.65. The van der Waals surface area contributed by atoms with E-state index in [1.807, 2.05) is 65.0 Å². The summed E-state index contributed by atoms with van der Waals surface area (Å²) in [5.74, 6) is -3.36. The minimum Gasteiger partial charge on any atom is -0.459 e. The van der Waals surface area contributed by atoms with Crippen molar-refractivity contribution in [3.63, 3.8) is 0 Å². The predicted octanol–water partition coefficient (Wildman–Crippen LogP) is 2.82. The fourth-order valence-electron chi connectivity index (χ4n) is 6.99. The molecule has 3 fully saturated rings. The molecule has 2 unspecified atom stereocenters. The quantitative estimate of drug-likeness (QED) is 0.176. The van der Waals surface area contributed by atoms with Crippen molar-refractivity contribution in [2.75, 3.05) is 6.54 Å². The summed E-state index contributed by atoms with van der Waals surface area (Å²) in [6, 6.07) is 5.53. The number of nitrogens with one attached hydrogen (secondary N) is 3. The molecule has 1 aliphatic heterocycles. The summed E-state index contributed by atoms with van der Waals surface area (Å²) >= 11 is 0. The number of hydrogen-bond donors (Lipinski definition) is 4. The van der Waals surface area contributed by atoms with Crippen molar-refractivity contribution in [1.29, 1.82) is 0 Å². The Hall–Kier alpha value is -3.96. The number of nitrogens with two attached hydrogens (primary N) is 1. The van der Waals surface area contributed by atoms with Crippen LogP contribution in [-0.4, -0.2) is 70.6 Å². The maximum Gasteiger partial charge on any atom is 0.332 e. The Morgan fingerprint density at radius 2 is 1.62 bits per heavy atom. The van der Waals surface area contributed by atoms with Gasteiger partial charge in [-0.05, 0) is 53.4 Å². The molecule has 0 aromatic heterocycles. The van der Waals surface area contributed by atoms with Gasteiger partial charge in [0.25, 0.3) is 5.91 Å². The minimum absolute atomic E-state index is 0.0530. The molecular weight excluding hydrogens is 602 g/mol. The molecule has 1 aromatic carbocycles. The van der Waals surface area contributed by atoms with Crippen molar-refractivity contribution >= 4 is 35.5 Å². The number of piperidine rings is 1. The summed E-state index contributed by atoms with van der Waals surface area (Å²) in [6.45, 7) is 13.4. The van der Waals surface area contributed by atoms with Gasteiger partial charge in [0.05, 0.1) is 6.04 Å². The van der Waals surface area contributed by atoms with E-state index >= 15 is 0 Å². The zero-order chi connectivity index (χ0) is 34.9. The molecule has 5 atom stereocenters. The van der Waals surface area contributed by atoms with Gasteiger partial charge in [0.2, 0.25) is 17.6 Å². The molecule has 4 rings (SSSR count). The number of ketones is 1. The second-order valence-electron chi connectivity index (χ2n) is 15.1. The number of likely N-dealkylation sites (tertiary alicyclic amines) is 1. The van der Waals surface area contributed by atoms with Gasteiger partial charge in [-0.15, -0.1) is 0 Å². The Labute approximate surface area is 277 Å². The van der Waals surface area contributed by atoms with Gasteiger partial charge < -0.3 is 31.3 Å². The Kier molecular flexibility index (Phi) is 10.4. The number of nitrogens with zero attached hydrogens (tertiary/aromatic N) is 1. The number of ether oxygens (including phenoxy) is 1. The molecule has 5 N–H and O–H groups in total. The summed E-state index contributed by atoms with van der Waals surface area (Å²) in [6.07, 6.45) is 2.66. The number of primary amides is 1. The van der Waals surface area contributed by atoms with Crippen molar-refractivity contribution in [3.05, 3.63) is 35.9 Å². The summed E-state index contributed by atoms with van der Waals surface area (Å²) < 4.78 is 5.59. The molecule has 258 valence electrons. The van der Waals surface area contributed by atoms with Crippen molar-refractivity contribution in [2.45, 2.75) is 111 Å². The average Bonchev–Trinajstić information content (AvgIpc) is 3.87. The number of benzene rings is 1. The molecule has 5 amide bonds. The second-order valence-corrected chi connectivity index (χ2v) is 15.1. The largest absolute Gasteiger partial charge is 0.459 e. The molecule has 1 heterocycles. The van der Waals surface area contributed by atoms with Crippen molar-refractivity contribution in [1.82, 2.24) is 20.9 Å². The number of urea groups is 1.